The molecule has 0 aliphatic heterocycles. The Balaban J connectivity index is 0.000000160. The number of carboxylic acid groups (broad SMARTS) is 1. The van der Waals surface area contributed by atoms with Gasteiger partial charge in [0.1, 0.15) is 0 Å². The first kappa shape index (κ1) is 12.9. The average molecular weight is 275 g/mol. The van der Waals surface area contributed by atoms with E-state index in [1.54, 1.807) is 28.3 Å². The van der Waals surface area contributed by atoms with Gasteiger partial charge in [-0.1, -0.05) is 0 Å². The maximum absolute atomic E-state index is 10.3. The predicted octanol–water partition coefficient (Wildman–Crippen LogP) is 3.57. The van der Waals surface area contributed by atoms with Gasteiger partial charge in [-0.05, 0) is 34.5 Å². The maximum Gasteiger partial charge on any atom is 0.336 e. The Labute approximate surface area is 105 Å². The van der Waals surface area contributed by atoms with Gasteiger partial charge in [-0.3, -0.25) is 4.79 Å². The number of carbonyl (C=O) groups is 2. The molecule has 16 heavy (non-hydrogen) atoms. The van der Waals surface area contributed by atoms with E-state index >= 15 is 0 Å². The van der Waals surface area contributed by atoms with E-state index < -0.39 is 5.97 Å². The lowest BCUT2D eigenvalue weighted by atomic mass is 10.4. The molecule has 0 radical (unpaired) electrons. The molecule has 84 valence electrons. The summed E-state index contributed by atoms with van der Waals surface area (Å²) in [5, 5.41) is 14.8. The van der Waals surface area contributed by atoms with E-state index in [-0.39, 0.29) is 5.24 Å². The summed E-state index contributed by atoms with van der Waals surface area (Å²) in [5.74, 6) is -0.855. The maximum atomic E-state index is 10.3. The zero-order valence-electron chi connectivity index (χ0n) is 7.92. The third-order valence-corrected chi connectivity index (χ3v) is 3.10. The van der Waals surface area contributed by atoms with Crippen LogP contribution in [0.4, 0.5) is 0 Å². The number of halogens is 1. The van der Waals surface area contributed by atoms with E-state index in [2.05, 4.69) is 0 Å². The molecule has 0 fully saturated rings. The minimum atomic E-state index is -0.855. The number of thiophene rings is 2. The minimum absolute atomic E-state index is 0.370. The number of hydrogen-bond acceptors (Lipinski definition) is 4. The zero-order valence-corrected chi connectivity index (χ0v) is 10.3. The summed E-state index contributed by atoms with van der Waals surface area (Å²) in [5.41, 5.74) is 0.951. The van der Waals surface area contributed by atoms with Crippen molar-refractivity contribution < 1.29 is 14.7 Å². The van der Waals surface area contributed by atoms with Crippen molar-refractivity contribution in [1.29, 1.82) is 0 Å². The summed E-state index contributed by atoms with van der Waals surface area (Å²) in [7, 11) is 0. The molecular formula is C10H7ClO3S2. The van der Waals surface area contributed by atoms with Crippen LogP contribution < -0.4 is 0 Å². The van der Waals surface area contributed by atoms with Crippen molar-refractivity contribution in [2.24, 2.45) is 0 Å². The van der Waals surface area contributed by atoms with Gasteiger partial charge in [0.15, 0.2) is 0 Å². The van der Waals surface area contributed by atoms with Crippen LogP contribution in [0.2, 0.25) is 0 Å². The molecule has 0 unspecified atom stereocenters. The highest BCUT2D eigenvalue weighted by Crippen LogP contribution is 2.07. The second-order valence-electron chi connectivity index (χ2n) is 2.60. The Morgan fingerprint density at radius 1 is 1.06 bits per heavy atom. The molecule has 2 rings (SSSR count). The molecule has 2 heterocycles. The molecule has 6 heteroatoms. The van der Waals surface area contributed by atoms with Crippen LogP contribution in [0, 0.1) is 0 Å². The van der Waals surface area contributed by atoms with Crippen molar-refractivity contribution in [3.05, 3.63) is 44.8 Å². The molecule has 1 N–H and O–H groups in total. The first-order valence-corrected chi connectivity index (χ1v) is 6.35. The van der Waals surface area contributed by atoms with Crippen LogP contribution in [0.5, 0.6) is 0 Å². The van der Waals surface area contributed by atoms with Gasteiger partial charge in [-0.15, -0.1) is 0 Å². The Morgan fingerprint density at radius 2 is 1.56 bits per heavy atom. The molecule has 0 amide bonds. The van der Waals surface area contributed by atoms with Crippen molar-refractivity contribution in [1.82, 2.24) is 0 Å². The van der Waals surface area contributed by atoms with Crippen LogP contribution in [0.1, 0.15) is 20.7 Å². The van der Waals surface area contributed by atoms with Crippen molar-refractivity contribution >= 4 is 45.5 Å². The van der Waals surface area contributed by atoms with Crippen molar-refractivity contribution in [2.75, 3.05) is 0 Å². The number of rotatable bonds is 2. The van der Waals surface area contributed by atoms with Gasteiger partial charge in [0.05, 0.1) is 5.56 Å². The molecule has 0 aliphatic rings. The Bertz CT molecular complexity index is 404. The smallest absolute Gasteiger partial charge is 0.336 e. The first-order chi connectivity index (χ1) is 7.61. The number of hydrogen-bond donors (Lipinski definition) is 1. The van der Waals surface area contributed by atoms with E-state index in [4.69, 9.17) is 16.7 Å². The van der Waals surface area contributed by atoms with Crippen LogP contribution >= 0.6 is 34.3 Å². The summed E-state index contributed by atoms with van der Waals surface area (Å²) in [6.45, 7) is 0. The molecule has 2 aromatic rings. The SMILES string of the molecule is O=C(Cl)c1ccsc1.O=C(O)c1ccsc1. The molecule has 0 aliphatic carbocycles. The van der Waals surface area contributed by atoms with Crippen molar-refractivity contribution in [3.8, 4) is 0 Å². The quantitative estimate of drug-likeness (QED) is 0.852. The normalized spacial score (nSPS) is 9.06. The van der Waals surface area contributed by atoms with Crippen LogP contribution in [-0.4, -0.2) is 16.3 Å². The molecule has 0 saturated carbocycles. The van der Waals surface area contributed by atoms with Crippen molar-refractivity contribution in [3.63, 3.8) is 0 Å². The van der Waals surface area contributed by atoms with Gasteiger partial charge in [0, 0.05) is 16.3 Å². The Kier molecular flexibility index (Phi) is 5.18. The third-order valence-electron chi connectivity index (χ3n) is 1.52. The van der Waals surface area contributed by atoms with Gasteiger partial charge in [0.2, 0.25) is 0 Å². The monoisotopic (exact) mass is 274 g/mol. The lowest BCUT2D eigenvalue weighted by Gasteiger charge is -1.78. The Hall–Kier alpha value is -1.17. The largest absolute Gasteiger partial charge is 0.478 e. The standard InChI is InChI=1S/C5H3ClOS.C5H4O2S/c2*6-5(7)4-1-2-8-3-4/h1-3H;1-3H,(H,6,7). The Morgan fingerprint density at radius 3 is 1.75 bits per heavy atom. The third kappa shape index (κ3) is 4.14. The first-order valence-electron chi connectivity index (χ1n) is 4.09. The summed E-state index contributed by atoms with van der Waals surface area (Å²) in [6.07, 6.45) is 0. The van der Waals surface area contributed by atoms with Crippen LogP contribution in [-0.2, 0) is 0 Å². The topological polar surface area (TPSA) is 54.4 Å². The zero-order chi connectivity index (χ0) is 12.0. The molecule has 0 bridgehead atoms. The van der Waals surface area contributed by atoms with Gasteiger partial charge in [0.25, 0.3) is 5.24 Å². The second kappa shape index (κ2) is 6.42. The van der Waals surface area contributed by atoms with Gasteiger partial charge in [-0.25, -0.2) is 4.79 Å². The van der Waals surface area contributed by atoms with Crippen molar-refractivity contribution in [2.45, 2.75) is 0 Å². The highest BCUT2D eigenvalue weighted by Gasteiger charge is 1.98. The van der Waals surface area contributed by atoms with E-state index in [1.807, 2.05) is 5.38 Å². The molecule has 0 spiro atoms. The molecule has 3 nitrogen and oxygen atoms in total. The minimum Gasteiger partial charge on any atom is -0.478 e. The average Bonchev–Trinajstić information content (AvgIpc) is 2.93. The van der Waals surface area contributed by atoms with Crippen LogP contribution in [0.25, 0.3) is 0 Å². The lowest BCUT2D eigenvalue weighted by molar-refractivity contribution is 0.0697. The van der Waals surface area contributed by atoms with E-state index in [9.17, 15) is 9.59 Å². The summed E-state index contributed by atoms with van der Waals surface area (Å²) in [4.78, 5) is 20.3. The fraction of sp³-hybridized carbons (Fsp3) is 0. The molecule has 0 atom stereocenters. The van der Waals surface area contributed by atoms with E-state index in [0.717, 1.165) is 0 Å². The highest BCUT2D eigenvalue weighted by atomic mass is 35.5. The highest BCUT2D eigenvalue weighted by molar-refractivity contribution is 7.08. The fourth-order valence-corrected chi connectivity index (χ4v) is 2.21. The van der Waals surface area contributed by atoms with E-state index in [1.165, 1.54) is 22.7 Å². The fourth-order valence-electron chi connectivity index (χ4n) is 0.762. The van der Waals surface area contributed by atoms with E-state index in [0.29, 0.717) is 11.1 Å². The molecule has 2 aromatic heterocycles. The number of carbonyl (C=O) groups excluding carboxylic acids is 1. The molecular weight excluding hydrogens is 268 g/mol. The van der Waals surface area contributed by atoms with Crippen LogP contribution in [0.3, 0.4) is 0 Å². The summed E-state index contributed by atoms with van der Waals surface area (Å²) < 4.78 is 0. The van der Waals surface area contributed by atoms with Gasteiger partial charge >= 0.3 is 5.97 Å². The number of carboxylic acids is 1. The number of aromatic carboxylic acids is 1. The second-order valence-corrected chi connectivity index (χ2v) is 4.51. The van der Waals surface area contributed by atoms with Gasteiger partial charge in [-0.2, -0.15) is 22.7 Å². The van der Waals surface area contributed by atoms with Crippen LogP contribution in [0.15, 0.2) is 33.7 Å². The lowest BCUT2D eigenvalue weighted by Crippen LogP contribution is -1.90. The summed E-state index contributed by atoms with van der Waals surface area (Å²) >= 11 is 7.96. The summed E-state index contributed by atoms with van der Waals surface area (Å²) in [6, 6.07) is 3.27. The molecule has 0 aromatic carbocycles. The predicted molar refractivity (Wildman–Crippen MR) is 65.8 cm³/mol. The molecule has 0 saturated heterocycles. The van der Waals surface area contributed by atoms with Gasteiger partial charge < -0.3 is 5.11 Å².